The van der Waals surface area contributed by atoms with Crippen LogP contribution in [-0.4, -0.2) is 5.78 Å². The molecule has 2 aromatic carbocycles. The second-order valence-corrected chi connectivity index (χ2v) is 5.45. The maximum atomic E-state index is 13.2. The molecule has 0 N–H and O–H groups in total. The molecule has 2 aromatic rings. The van der Waals surface area contributed by atoms with E-state index in [1.807, 2.05) is 26.0 Å². The van der Waals surface area contributed by atoms with Crippen molar-refractivity contribution < 1.29 is 9.18 Å². The lowest BCUT2D eigenvalue weighted by atomic mass is 9.98. The van der Waals surface area contributed by atoms with Gasteiger partial charge in [0, 0.05) is 17.0 Å². The molecule has 0 aliphatic carbocycles. The van der Waals surface area contributed by atoms with Crippen molar-refractivity contribution in [3.8, 4) is 0 Å². The first-order valence-corrected chi connectivity index (χ1v) is 6.89. The van der Waals surface area contributed by atoms with Crippen LogP contribution < -0.4 is 0 Å². The van der Waals surface area contributed by atoms with Crippen LogP contribution in [0.15, 0.2) is 36.4 Å². The summed E-state index contributed by atoms with van der Waals surface area (Å²) in [6.45, 7) is 4.05. The molecule has 0 radical (unpaired) electrons. The zero-order valence-corrected chi connectivity index (χ0v) is 12.3. The van der Waals surface area contributed by atoms with Gasteiger partial charge in [-0.25, -0.2) is 4.39 Å². The Morgan fingerprint density at radius 2 is 1.90 bits per heavy atom. The van der Waals surface area contributed by atoms with Gasteiger partial charge in [-0.05, 0) is 49.6 Å². The maximum Gasteiger partial charge on any atom is 0.163 e. The van der Waals surface area contributed by atoms with Crippen molar-refractivity contribution in [1.29, 1.82) is 0 Å². The van der Waals surface area contributed by atoms with E-state index in [1.165, 1.54) is 29.3 Å². The van der Waals surface area contributed by atoms with Gasteiger partial charge in [0.2, 0.25) is 0 Å². The van der Waals surface area contributed by atoms with E-state index in [-0.39, 0.29) is 10.8 Å². The van der Waals surface area contributed by atoms with Crippen LogP contribution in [0.25, 0.3) is 0 Å². The Bertz CT molecular complexity index is 629. The molecule has 0 saturated heterocycles. The number of carbonyl (C=O) groups excluding carboxylic acids is 1. The highest BCUT2D eigenvalue weighted by Gasteiger charge is 2.10. The first-order valence-electron chi connectivity index (χ1n) is 6.51. The van der Waals surface area contributed by atoms with E-state index < -0.39 is 5.82 Å². The van der Waals surface area contributed by atoms with Crippen LogP contribution >= 0.6 is 11.6 Å². The van der Waals surface area contributed by atoms with Crippen LogP contribution in [0.2, 0.25) is 5.02 Å². The number of rotatable bonds is 4. The molecule has 3 heteroatoms. The molecule has 1 nitrogen and oxygen atoms in total. The second kappa shape index (κ2) is 6.19. The number of Topliss-reactive ketones (excluding diaryl/α,β-unsaturated/α-hetero) is 1. The van der Waals surface area contributed by atoms with Crippen LogP contribution in [0.1, 0.15) is 33.5 Å². The van der Waals surface area contributed by atoms with Gasteiger partial charge in [0.25, 0.3) is 0 Å². The molecule has 0 unspecified atom stereocenters. The van der Waals surface area contributed by atoms with Gasteiger partial charge in [0.05, 0.1) is 0 Å². The highest BCUT2D eigenvalue weighted by atomic mass is 35.5. The lowest BCUT2D eigenvalue weighted by Gasteiger charge is -2.07. The highest BCUT2D eigenvalue weighted by Crippen LogP contribution is 2.18. The Balaban J connectivity index is 2.10. The van der Waals surface area contributed by atoms with Gasteiger partial charge >= 0.3 is 0 Å². The number of aryl methyl sites for hydroxylation is 3. The molecular formula is C17H16ClFO. The van der Waals surface area contributed by atoms with Gasteiger partial charge in [-0.1, -0.05) is 35.4 Å². The summed E-state index contributed by atoms with van der Waals surface area (Å²) in [5, 5.41) is 0.250. The SMILES string of the molecule is Cc1ccc(C)c(CCC(=O)c2cc(F)cc(Cl)c2)c1. The first kappa shape index (κ1) is 14.7. The third kappa shape index (κ3) is 3.67. The summed E-state index contributed by atoms with van der Waals surface area (Å²) in [4.78, 5) is 12.1. The minimum atomic E-state index is -0.479. The van der Waals surface area contributed by atoms with Crippen LogP contribution in [0.3, 0.4) is 0 Å². The minimum Gasteiger partial charge on any atom is -0.294 e. The smallest absolute Gasteiger partial charge is 0.163 e. The summed E-state index contributed by atoms with van der Waals surface area (Å²) in [7, 11) is 0. The van der Waals surface area contributed by atoms with Crippen molar-refractivity contribution in [3.63, 3.8) is 0 Å². The Morgan fingerprint density at radius 1 is 1.15 bits per heavy atom. The van der Waals surface area contributed by atoms with E-state index in [9.17, 15) is 9.18 Å². The Morgan fingerprint density at radius 3 is 2.60 bits per heavy atom. The van der Waals surface area contributed by atoms with Crippen molar-refractivity contribution in [3.05, 3.63) is 69.5 Å². The highest BCUT2D eigenvalue weighted by molar-refractivity contribution is 6.31. The Kier molecular flexibility index (Phi) is 4.56. The van der Waals surface area contributed by atoms with Gasteiger partial charge < -0.3 is 0 Å². The lowest BCUT2D eigenvalue weighted by Crippen LogP contribution is -2.03. The molecular weight excluding hydrogens is 275 g/mol. The monoisotopic (exact) mass is 290 g/mol. The van der Waals surface area contributed by atoms with E-state index in [0.717, 1.165) is 5.56 Å². The molecule has 0 saturated carbocycles. The fraction of sp³-hybridized carbons (Fsp3) is 0.235. The minimum absolute atomic E-state index is 0.0905. The number of benzene rings is 2. The number of halogens is 2. The van der Waals surface area contributed by atoms with E-state index in [4.69, 9.17) is 11.6 Å². The van der Waals surface area contributed by atoms with Crippen LogP contribution in [0, 0.1) is 19.7 Å². The predicted octanol–water partition coefficient (Wildman–Crippen LogP) is 4.91. The largest absolute Gasteiger partial charge is 0.294 e. The fourth-order valence-corrected chi connectivity index (χ4v) is 2.40. The van der Waals surface area contributed by atoms with Gasteiger partial charge in [-0.2, -0.15) is 0 Å². The topological polar surface area (TPSA) is 17.1 Å². The molecule has 104 valence electrons. The van der Waals surface area contributed by atoms with E-state index in [2.05, 4.69) is 6.07 Å². The van der Waals surface area contributed by atoms with Crippen LogP contribution in [0.5, 0.6) is 0 Å². The van der Waals surface area contributed by atoms with Crippen molar-refractivity contribution >= 4 is 17.4 Å². The van der Waals surface area contributed by atoms with Crippen molar-refractivity contribution in [2.24, 2.45) is 0 Å². The zero-order chi connectivity index (χ0) is 14.7. The summed E-state index contributed by atoms with van der Waals surface area (Å²) < 4.78 is 13.2. The molecule has 0 fully saturated rings. The molecule has 2 rings (SSSR count). The van der Waals surface area contributed by atoms with E-state index in [1.54, 1.807) is 0 Å². The lowest BCUT2D eigenvalue weighted by molar-refractivity contribution is 0.0982. The summed E-state index contributed by atoms with van der Waals surface area (Å²) >= 11 is 5.77. The molecule has 0 atom stereocenters. The number of hydrogen-bond donors (Lipinski definition) is 0. The molecule has 0 aliphatic heterocycles. The Labute approximate surface area is 123 Å². The number of hydrogen-bond acceptors (Lipinski definition) is 1. The molecule has 0 amide bonds. The fourth-order valence-electron chi connectivity index (χ4n) is 2.18. The van der Waals surface area contributed by atoms with Gasteiger partial charge in [0.1, 0.15) is 5.82 Å². The number of carbonyl (C=O) groups is 1. The standard InChI is InChI=1S/C17H16ClFO/c1-11-3-4-12(2)13(7-11)5-6-17(20)14-8-15(18)10-16(19)9-14/h3-4,7-10H,5-6H2,1-2H3. The third-order valence-electron chi connectivity index (χ3n) is 3.31. The van der Waals surface area contributed by atoms with Gasteiger partial charge in [-0.3, -0.25) is 4.79 Å². The first-order chi connectivity index (χ1) is 9.45. The average molecular weight is 291 g/mol. The van der Waals surface area contributed by atoms with Gasteiger partial charge in [-0.15, -0.1) is 0 Å². The van der Waals surface area contributed by atoms with Crippen LogP contribution in [-0.2, 0) is 6.42 Å². The molecule has 0 aliphatic rings. The molecule has 0 aromatic heterocycles. The molecule has 20 heavy (non-hydrogen) atoms. The van der Waals surface area contributed by atoms with Crippen LogP contribution in [0.4, 0.5) is 4.39 Å². The normalized spacial score (nSPS) is 10.6. The third-order valence-corrected chi connectivity index (χ3v) is 3.53. The quantitative estimate of drug-likeness (QED) is 0.731. The second-order valence-electron chi connectivity index (χ2n) is 5.01. The summed E-state index contributed by atoms with van der Waals surface area (Å²) in [5.41, 5.74) is 3.83. The molecule has 0 spiro atoms. The number of ketones is 1. The predicted molar refractivity (Wildman–Crippen MR) is 80.0 cm³/mol. The summed E-state index contributed by atoms with van der Waals surface area (Å²) in [5.74, 6) is -0.570. The average Bonchev–Trinajstić information content (AvgIpc) is 2.38. The summed E-state index contributed by atoms with van der Waals surface area (Å²) in [6, 6.07) is 10.1. The van der Waals surface area contributed by atoms with Crippen molar-refractivity contribution in [2.75, 3.05) is 0 Å². The van der Waals surface area contributed by atoms with Gasteiger partial charge in [0.15, 0.2) is 5.78 Å². The van der Waals surface area contributed by atoms with Crippen molar-refractivity contribution in [1.82, 2.24) is 0 Å². The zero-order valence-electron chi connectivity index (χ0n) is 11.5. The molecule has 0 bridgehead atoms. The van der Waals surface area contributed by atoms with E-state index >= 15 is 0 Å². The maximum absolute atomic E-state index is 13.2. The van der Waals surface area contributed by atoms with E-state index in [0.29, 0.717) is 18.4 Å². The molecule has 0 heterocycles. The summed E-state index contributed by atoms with van der Waals surface area (Å²) in [6.07, 6.45) is 1.00. The van der Waals surface area contributed by atoms with Crippen molar-refractivity contribution in [2.45, 2.75) is 26.7 Å². The Hall–Kier alpha value is -1.67.